The summed E-state index contributed by atoms with van der Waals surface area (Å²) in [5, 5.41) is 7.74. The number of hydrogen-bond acceptors (Lipinski definition) is 0. The van der Waals surface area contributed by atoms with Crippen LogP contribution < -0.4 is 0 Å². The molecule has 0 bridgehead atoms. The maximum Gasteiger partial charge on any atom is 0.0159 e. The van der Waals surface area contributed by atoms with Gasteiger partial charge >= 0.3 is 0 Å². The SMILES string of the molecule is CC1(C)c2cc(-c3ccc(-c4cccc5ccccc45)cc3)ccc2-c2ccc(-c3ccc(-c4cc5ccccc5c5ccccc45)cc3)cc21. The molecule has 0 aliphatic heterocycles. The highest BCUT2D eigenvalue weighted by Gasteiger charge is 2.35. The lowest BCUT2D eigenvalue weighted by Crippen LogP contribution is -2.15. The van der Waals surface area contributed by atoms with Gasteiger partial charge in [0.05, 0.1) is 0 Å². The predicted molar refractivity (Wildman–Crippen MR) is 218 cm³/mol. The minimum Gasteiger partial charge on any atom is -0.0616 e. The van der Waals surface area contributed by atoms with Crippen LogP contribution in [0.4, 0.5) is 0 Å². The van der Waals surface area contributed by atoms with Crippen LogP contribution in [0.3, 0.4) is 0 Å². The zero-order valence-electron chi connectivity index (χ0n) is 28.8. The average Bonchev–Trinajstić information content (AvgIpc) is 3.42. The number of fused-ring (bicyclic) bond motifs is 7. The van der Waals surface area contributed by atoms with Gasteiger partial charge in [-0.2, -0.15) is 0 Å². The summed E-state index contributed by atoms with van der Waals surface area (Å²) in [5.74, 6) is 0. The molecule has 10 rings (SSSR count). The molecule has 0 N–H and O–H groups in total. The molecule has 0 radical (unpaired) electrons. The molecule has 0 atom stereocenters. The smallest absolute Gasteiger partial charge is 0.0159 e. The fourth-order valence-corrected chi connectivity index (χ4v) is 8.55. The van der Waals surface area contributed by atoms with Crippen molar-refractivity contribution < 1.29 is 0 Å². The van der Waals surface area contributed by atoms with Crippen LogP contribution in [0.1, 0.15) is 25.0 Å². The van der Waals surface area contributed by atoms with Gasteiger partial charge in [-0.3, -0.25) is 0 Å². The molecule has 0 saturated heterocycles. The first-order chi connectivity index (χ1) is 25.0. The van der Waals surface area contributed by atoms with E-state index < -0.39 is 0 Å². The molecule has 240 valence electrons. The van der Waals surface area contributed by atoms with Crippen molar-refractivity contribution in [3.8, 4) is 55.6 Å². The molecule has 0 fully saturated rings. The van der Waals surface area contributed by atoms with Crippen molar-refractivity contribution in [2.24, 2.45) is 0 Å². The van der Waals surface area contributed by atoms with Crippen LogP contribution in [0.2, 0.25) is 0 Å². The summed E-state index contributed by atoms with van der Waals surface area (Å²) in [4.78, 5) is 0. The van der Waals surface area contributed by atoms with E-state index in [2.05, 4.69) is 196 Å². The number of hydrogen-bond donors (Lipinski definition) is 0. The van der Waals surface area contributed by atoms with Gasteiger partial charge in [0.25, 0.3) is 0 Å². The van der Waals surface area contributed by atoms with Crippen LogP contribution in [-0.4, -0.2) is 0 Å². The van der Waals surface area contributed by atoms with Crippen molar-refractivity contribution in [2.45, 2.75) is 19.3 Å². The Morgan fingerprint density at radius 1 is 0.275 bits per heavy atom. The Labute approximate surface area is 299 Å². The van der Waals surface area contributed by atoms with Crippen LogP contribution in [0.5, 0.6) is 0 Å². The normalized spacial score (nSPS) is 13.1. The third-order valence-electron chi connectivity index (χ3n) is 11.3. The number of benzene rings is 9. The van der Waals surface area contributed by atoms with Crippen LogP contribution in [0.15, 0.2) is 182 Å². The zero-order valence-corrected chi connectivity index (χ0v) is 28.8. The van der Waals surface area contributed by atoms with E-state index in [9.17, 15) is 0 Å². The summed E-state index contributed by atoms with van der Waals surface area (Å²) in [6.07, 6.45) is 0. The van der Waals surface area contributed by atoms with Gasteiger partial charge in [-0.25, -0.2) is 0 Å². The summed E-state index contributed by atoms with van der Waals surface area (Å²) in [5.41, 5.74) is 15.4. The molecular formula is C51H36. The summed E-state index contributed by atoms with van der Waals surface area (Å²) in [6, 6.07) is 67.3. The van der Waals surface area contributed by atoms with Crippen LogP contribution in [0.25, 0.3) is 88.0 Å². The lowest BCUT2D eigenvalue weighted by atomic mass is 9.80. The molecule has 51 heavy (non-hydrogen) atoms. The largest absolute Gasteiger partial charge is 0.0616 e. The molecule has 9 aromatic carbocycles. The Kier molecular flexibility index (Phi) is 6.63. The van der Waals surface area contributed by atoms with E-state index in [1.54, 1.807) is 0 Å². The lowest BCUT2D eigenvalue weighted by Gasteiger charge is -2.22. The van der Waals surface area contributed by atoms with Gasteiger partial charge in [0.2, 0.25) is 0 Å². The van der Waals surface area contributed by atoms with Gasteiger partial charge in [0.1, 0.15) is 0 Å². The highest BCUT2D eigenvalue weighted by Crippen LogP contribution is 2.51. The van der Waals surface area contributed by atoms with Crippen LogP contribution >= 0.6 is 0 Å². The molecular weight excluding hydrogens is 613 g/mol. The standard InChI is InChI=1S/C51H36/c1-51(2)49-31-38(33-18-22-36(23-19-33)42-17-9-12-35-10-3-5-13-41(35)42)26-28-46(49)47-29-27-39(32-50(47)51)34-20-24-37(25-21-34)48-30-40-11-4-6-14-43(40)44-15-7-8-16-45(44)48/h3-32H,1-2H3. The Morgan fingerprint density at radius 2 is 0.725 bits per heavy atom. The highest BCUT2D eigenvalue weighted by atomic mass is 14.4. The van der Waals surface area contributed by atoms with Gasteiger partial charge < -0.3 is 0 Å². The molecule has 0 amide bonds. The van der Waals surface area contributed by atoms with Crippen molar-refractivity contribution in [3.05, 3.63) is 193 Å². The van der Waals surface area contributed by atoms with E-state index in [1.165, 1.54) is 99.1 Å². The van der Waals surface area contributed by atoms with E-state index in [0.29, 0.717) is 0 Å². The quantitative estimate of drug-likeness (QED) is 0.167. The van der Waals surface area contributed by atoms with Crippen LogP contribution in [-0.2, 0) is 5.41 Å². The van der Waals surface area contributed by atoms with Crippen molar-refractivity contribution in [3.63, 3.8) is 0 Å². The Bertz CT molecular complexity index is 2790. The second-order valence-electron chi connectivity index (χ2n) is 14.5. The van der Waals surface area contributed by atoms with E-state index >= 15 is 0 Å². The topological polar surface area (TPSA) is 0 Å². The first-order valence-electron chi connectivity index (χ1n) is 17.9. The van der Waals surface area contributed by atoms with E-state index in [-0.39, 0.29) is 5.41 Å². The molecule has 0 saturated carbocycles. The summed E-state index contributed by atoms with van der Waals surface area (Å²) < 4.78 is 0. The minimum atomic E-state index is -0.108. The molecule has 1 aliphatic carbocycles. The molecule has 0 unspecified atom stereocenters. The Hall–Kier alpha value is -6.24. The predicted octanol–water partition coefficient (Wildman–Crippen LogP) is 14.1. The minimum absolute atomic E-state index is 0.108. The molecule has 0 heterocycles. The van der Waals surface area contributed by atoms with Crippen molar-refractivity contribution in [1.82, 2.24) is 0 Å². The summed E-state index contributed by atoms with van der Waals surface area (Å²) in [7, 11) is 0. The molecule has 0 nitrogen and oxygen atoms in total. The lowest BCUT2D eigenvalue weighted by molar-refractivity contribution is 0.661. The second kappa shape index (κ2) is 11.4. The molecule has 0 heteroatoms. The number of rotatable bonds is 4. The fraction of sp³-hybridized carbons (Fsp3) is 0.0588. The summed E-state index contributed by atoms with van der Waals surface area (Å²) >= 11 is 0. The first kappa shape index (κ1) is 29.7. The average molecular weight is 649 g/mol. The third-order valence-corrected chi connectivity index (χ3v) is 11.3. The highest BCUT2D eigenvalue weighted by molar-refractivity contribution is 6.13. The van der Waals surface area contributed by atoms with Gasteiger partial charge in [-0.1, -0.05) is 178 Å². The van der Waals surface area contributed by atoms with E-state index in [4.69, 9.17) is 0 Å². The molecule has 0 aromatic heterocycles. The monoisotopic (exact) mass is 648 g/mol. The van der Waals surface area contributed by atoms with Gasteiger partial charge in [-0.15, -0.1) is 0 Å². The molecule has 1 aliphatic rings. The molecule has 0 spiro atoms. The Morgan fingerprint density at radius 3 is 1.35 bits per heavy atom. The van der Waals surface area contributed by atoms with Crippen molar-refractivity contribution in [1.29, 1.82) is 0 Å². The maximum absolute atomic E-state index is 2.43. The first-order valence-corrected chi connectivity index (χ1v) is 17.9. The fourth-order valence-electron chi connectivity index (χ4n) is 8.55. The van der Waals surface area contributed by atoms with Crippen LogP contribution in [0, 0.1) is 0 Å². The van der Waals surface area contributed by atoms with Gasteiger partial charge in [0.15, 0.2) is 0 Å². The third kappa shape index (κ3) is 4.75. The van der Waals surface area contributed by atoms with Gasteiger partial charge in [-0.05, 0) is 117 Å². The Balaban J connectivity index is 0.964. The van der Waals surface area contributed by atoms with E-state index in [1.807, 2.05) is 0 Å². The maximum atomic E-state index is 2.43. The zero-order chi connectivity index (χ0) is 34.1. The van der Waals surface area contributed by atoms with Gasteiger partial charge in [0, 0.05) is 5.41 Å². The van der Waals surface area contributed by atoms with E-state index in [0.717, 1.165) is 0 Å². The van der Waals surface area contributed by atoms with Crippen molar-refractivity contribution >= 4 is 32.3 Å². The summed E-state index contributed by atoms with van der Waals surface area (Å²) in [6.45, 7) is 4.76. The van der Waals surface area contributed by atoms with Crippen molar-refractivity contribution in [2.75, 3.05) is 0 Å². The molecule has 9 aromatic rings. The second-order valence-corrected chi connectivity index (χ2v) is 14.5.